The van der Waals surface area contributed by atoms with E-state index in [2.05, 4.69) is 53.0 Å². The Bertz CT molecular complexity index is 1260. The first-order valence-corrected chi connectivity index (χ1v) is 13.4. The topological polar surface area (TPSA) is 84.7 Å². The van der Waals surface area contributed by atoms with Gasteiger partial charge in [-0.1, -0.05) is 81.5 Å². The lowest BCUT2D eigenvalue weighted by atomic mass is 9.79. The van der Waals surface area contributed by atoms with E-state index in [4.69, 9.17) is 23.2 Å². The number of hydrogen-bond acceptors (Lipinski definition) is 5. The first kappa shape index (κ1) is 27.1. The highest BCUT2D eigenvalue weighted by Gasteiger charge is 2.41. The molecule has 2 aromatic carbocycles. The van der Waals surface area contributed by atoms with Gasteiger partial charge in [-0.05, 0) is 70.6 Å². The average molecular weight is 542 g/mol. The van der Waals surface area contributed by atoms with Crippen LogP contribution in [0.4, 0.5) is 11.4 Å². The van der Waals surface area contributed by atoms with Crippen molar-refractivity contribution in [2.45, 2.75) is 71.4 Å². The molecule has 3 aromatic rings. The molecule has 1 aliphatic carbocycles. The Balaban J connectivity index is 1.70. The molecule has 9 heteroatoms. The van der Waals surface area contributed by atoms with Gasteiger partial charge in [0.15, 0.2) is 5.82 Å². The maximum absolute atomic E-state index is 11.4. The number of tetrazole rings is 1. The Morgan fingerprint density at radius 2 is 1.73 bits per heavy atom. The van der Waals surface area contributed by atoms with E-state index in [1.807, 2.05) is 47.2 Å². The van der Waals surface area contributed by atoms with Gasteiger partial charge in [0.2, 0.25) is 5.91 Å². The Kier molecular flexibility index (Phi) is 8.24. The van der Waals surface area contributed by atoms with Crippen LogP contribution in [-0.4, -0.2) is 26.1 Å². The van der Waals surface area contributed by atoms with Crippen molar-refractivity contribution in [2.75, 3.05) is 10.6 Å². The molecule has 0 unspecified atom stereocenters. The smallest absolute Gasteiger partial charge is 0.221 e. The Labute approximate surface area is 228 Å². The zero-order valence-corrected chi connectivity index (χ0v) is 23.3. The molecule has 0 aliphatic heterocycles. The standard InChI is InChI=1S/C28H34Cl2N6O/c1-19(37)31-22-11-13-23(14-12-22)32-28(16-6-5-7-17-28)26-33-34-35-36(26)25(27(2,3)4)15-9-20-8-10-21(29)18-24(20)30/h8-15,18,25,32H,5-7,16-17H2,1-4H3,(H,31,37)/b15-9-/t25-/m0/s1. The zero-order chi connectivity index (χ0) is 26.6. The van der Waals surface area contributed by atoms with Crippen LogP contribution in [0.25, 0.3) is 6.08 Å². The van der Waals surface area contributed by atoms with Crippen molar-refractivity contribution < 1.29 is 4.79 Å². The second kappa shape index (κ2) is 11.2. The van der Waals surface area contributed by atoms with Crippen molar-refractivity contribution in [3.05, 3.63) is 70.0 Å². The number of anilines is 2. The maximum atomic E-state index is 11.4. The highest BCUT2D eigenvalue weighted by Crippen LogP contribution is 2.42. The number of nitrogens with one attached hydrogen (secondary N) is 2. The van der Waals surface area contributed by atoms with Crippen molar-refractivity contribution in [3.8, 4) is 0 Å². The fraction of sp³-hybridized carbons (Fsp3) is 0.429. The predicted molar refractivity (Wildman–Crippen MR) is 151 cm³/mol. The molecule has 0 radical (unpaired) electrons. The maximum Gasteiger partial charge on any atom is 0.221 e. The number of amides is 1. The number of carbonyl (C=O) groups excluding carboxylic acids is 1. The number of aromatic nitrogens is 4. The lowest BCUT2D eigenvalue weighted by molar-refractivity contribution is -0.114. The number of benzene rings is 2. The lowest BCUT2D eigenvalue weighted by Crippen LogP contribution is -2.42. The average Bonchev–Trinajstić information content (AvgIpc) is 3.31. The molecule has 37 heavy (non-hydrogen) atoms. The third-order valence-electron chi connectivity index (χ3n) is 6.79. The van der Waals surface area contributed by atoms with Crippen molar-refractivity contribution in [1.82, 2.24) is 20.2 Å². The molecule has 1 heterocycles. The van der Waals surface area contributed by atoms with E-state index in [9.17, 15) is 4.79 Å². The molecule has 196 valence electrons. The molecule has 1 aromatic heterocycles. The van der Waals surface area contributed by atoms with E-state index >= 15 is 0 Å². The lowest BCUT2D eigenvalue weighted by Gasteiger charge is -2.39. The molecule has 7 nitrogen and oxygen atoms in total. The van der Waals surface area contributed by atoms with Gasteiger partial charge in [0.25, 0.3) is 0 Å². The highest BCUT2D eigenvalue weighted by molar-refractivity contribution is 6.35. The fourth-order valence-corrected chi connectivity index (χ4v) is 5.41. The van der Waals surface area contributed by atoms with E-state index in [-0.39, 0.29) is 17.4 Å². The summed E-state index contributed by atoms with van der Waals surface area (Å²) < 4.78 is 1.96. The van der Waals surface area contributed by atoms with E-state index in [0.29, 0.717) is 10.0 Å². The van der Waals surface area contributed by atoms with E-state index < -0.39 is 5.54 Å². The number of halogens is 2. The molecular weight excluding hydrogens is 507 g/mol. The molecule has 4 rings (SSSR count). The van der Waals surface area contributed by atoms with Crippen LogP contribution < -0.4 is 10.6 Å². The second-order valence-electron chi connectivity index (χ2n) is 10.8. The van der Waals surface area contributed by atoms with Crippen molar-refractivity contribution in [1.29, 1.82) is 0 Å². The van der Waals surface area contributed by atoms with Crippen LogP contribution in [0.15, 0.2) is 48.5 Å². The van der Waals surface area contributed by atoms with E-state index in [1.165, 1.54) is 13.3 Å². The third kappa shape index (κ3) is 6.51. The van der Waals surface area contributed by atoms with Crippen LogP contribution in [0, 0.1) is 5.41 Å². The minimum absolute atomic E-state index is 0.0928. The van der Waals surface area contributed by atoms with Crippen LogP contribution in [0.1, 0.15) is 77.2 Å². The third-order valence-corrected chi connectivity index (χ3v) is 7.35. The molecular formula is C28H34Cl2N6O. The molecule has 0 bridgehead atoms. The molecule has 1 atom stereocenters. The normalized spacial score (nSPS) is 16.5. The summed E-state index contributed by atoms with van der Waals surface area (Å²) in [5.41, 5.74) is 2.03. The summed E-state index contributed by atoms with van der Waals surface area (Å²) in [7, 11) is 0. The van der Waals surface area contributed by atoms with Crippen LogP contribution in [0.2, 0.25) is 10.0 Å². The number of carbonyl (C=O) groups is 1. The monoisotopic (exact) mass is 540 g/mol. The van der Waals surface area contributed by atoms with E-state index in [1.54, 1.807) is 6.07 Å². The Hall–Kier alpha value is -2.90. The van der Waals surface area contributed by atoms with Gasteiger partial charge in [-0.3, -0.25) is 4.79 Å². The summed E-state index contributed by atoms with van der Waals surface area (Å²) in [5.74, 6) is 0.731. The largest absolute Gasteiger partial charge is 0.373 e. The summed E-state index contributed by atoms with van der Waals surface area (Å²) in [4.78, 5) is 11.4. The van der Waals surface area contributed by atoms with Gasteiger partial charge in [-0.25, -0.2) is 4.68 Å². The van der Waals surface area contributed by atoms with E-state index in [0.717, 1.165) is 48.4 Å². The summed E-state index contributed by atoms with van der Waals surface area (Å²) in [6, 6.07) is 13.1. The predicted octanol–water partition coefficient (Wildman–Crippen LogP) is 7.51. The summed E-state index contributed by atoms with van der Waals surface area (Å²) in [6.45, 7) is 8.04. The Morgan fingerprint density at radius 1 is 1.05 bits per heavy atom. The molecule has 1 fully saturated rings. The first-order valence-electron chi connectivity index (χ1n) is 12.6. The number of rotatable bonds is 7. The first-order chi connectivity index (χ1) is 17.6. The minimum Gasteiger partial charge on any atom is -0.373 e. The molecule has 1 amide bonds. The number of nitrogens with zero attached hydrogens (tertiary/aromatic N) is 4. The molecule has 0 spiro atoms. The number of hydrogen-bond donors (Lipinski definition) is 2. The Morgan fingerprint density at radius 3 is 2.35 bits per heavy atom. The van der Waals surface area contributed by atoms with Gasteiger partial charge in [0, 0.05) is 28.3 Å². The van der Waals surface area contributed by atoms with Crippen molar-refractivity contribution >= 4 is 46.6 Å². The van der Waals surface area contributed by atoms with Gasteiger partial charge >= 0.3 is 0 Å². The SMILES string of the molecule is CC(=O)Nc1ccc(NC2(c3nnnn3[C@@H](/C=C\c3ccc(Cl)cc3Cl)C(C)(C)C)CCCCC2)cc1. The van der Waals surface area contributed by atoms with Crippen LogP contribution in [-0.2, 0) is 10.3 Å². The molecule has 0 saturated heterocycles. The quantitative estimate of drug-likeness (QED) is 0.323. The summed E-state index contributed by atoms with van der Waals surface area (Å²) in [5, 5.41) is 21.0. The van der Waals surface area contributed by atoms with Crippen LogP contribution >= 0.6 is 23.2 Å². The molecule has 1 saturated carbocycles. The van der Waals surface area contributed by atoms with Crippen LogP contribution in [0.3, 0.4) is 0 Å². The van der Waals surface area contributed by atoms with Gasteiger partial charge in [-0.2, -0.15) is 0 Å². The number of allylic oxidation sites excluding steroid dienone is 1. The second-order valence-corrected chi connectivity index (χ2v) is 11.7. The van der Waals surface area contributed by atoms with Gasteiger partial charge in [0.05, 0.1) is 11.6 Å². The minimum atomic E-state index is -0.410. The van der Waals surface area contributed by atoms with Gasteiger partial charge in [-0.15, -0.1) is 5.10 Å². The van der Waals surface area contributed by atoms with Gasteiger partial charge in [0.1, 0.15) is 0 Å². The van der Waals surface area contributed by atoms with Crippen molar-refractivity contribution in [2.24, 2.45) is 5.41 Å². The molecule has 2 N–H and O–H groups in total. The van der Waals surface area contributed by atoms with Crippen molar-refractivity contribution in [3.63, 3.8) is 0 Å². The molecule has 1 aliphatic rings. The summed E-state index contributed by atoms with van der Waals surface area (Å²) in [6.07, 6.45) is 9.33. The zero-order valence-electron chi connectivity index (χ0n) is 21.8. The summed E-state index contributed by atoms with van der Waals surface area (Å²) >= 11 is 12.5. The fourth-order valence-electron chi connectivity index (χ4n) is 4.94. The highest BCUT2D eigenvalue weighted by atomic mass is 35.5. The van der Waals surface area contributed by atoms with Gasteiger partial charge < -0.3 is 10.6 Å². The van der Waals surface area contributed by atoms with Crippen LogP contribution in [0.5, 0.6) is 0 Å².